The monoisotopic (exact) mass is 313 g/mol. The zero-order valence-corrected chi connectivity index (χ0v) is 13.7. The minimum atomic E-state index is 0.0247. The van der Waals surface area contributed by atoms with Crippen LogP contribution in [0.1, 0.15) is 32.6 Å². The Bertz CT molecular complexity index is 370. The molecule has 1 unspecified atom stereocenters. The molecule has 2 aliphatic rings. The van der Waals surface area contributed by atoms with Gasteiger partial charge < -0.3 is 15.5 Å². The highest BCUT2D eigenvalue weighted by Gasteiger charge is 2.25. The molecule has 5 nitrogen and oxygen atoms in total. The van der Waals surface area contributed by atoms with Crippen LogP contribution in [0.4, 0.5) is 0 Å². The number of nitrogens with zero attached hydrogens (tertiary/aromatic N) is 2. The predicted octanol–water partition coefficient (Wildman–Crippen LogP) is 0.928. The Labute approximate surface area is 131 Å². The zero-order chi connectivity index (χ0) is 15.2. The van der Waals surface area contributed by atoms with Crippen molar-refractivity contribution in [3.05, 3.63) is 0 Å². The minimum Gasteiger partial charge on any atom is -0.342 e. The van der Waals surface area contributed by atoms with E-state index in [9.17, 15) is 9.59 Å². The molecule has 2 heterocycles. The summed E-state index contributed by atoms with van der Waals surface area (Å²) in [6, 6.07) is 0. The van der Waals surface area contributed by atoms with Gasteiger partial charge in [0.05, 0.1) is 12.3 Å². The molecule has 2 amide bonds. The molecule has 0 aliphatic carbocycles. The van der Waals surface area contributed by atoms with Gasteiger partial charge in [-0.05, 0) is 31.6 Å². The second-order valence-electron chi connectivity index (χ2n) is 6.18. The van der Waals surface area contributed by atoms with Crippen molar-refractivity contribution in [3.8, 4) is 0 Å². The van der Waals surface area contributed by atoms with Gasteiger partial charge in [-0.2, -0.15) is 0 Å². The van der Waals surface area contributed by atoms with Crippen molar-refractivity contribution in [1.82, 2.24) is 9.80 Å². The summed E-state index contributed by atoms with van der Waals surface area (Å²) in [6.45, 7) is 5.70. The molecule has 21 heavy (non-hydrogen) atoms. The molecule has 120 valence electrons. The van der Waals surface area contributed by atoms with E-state index < -0.39 is 0 Å². The van der Waals surface area contributed by atoms with Gasteiger partial charge in [-0.15, -0.1) is 11.8 Å². The van der Waals surface area contributed by atoms with E-state index in [0.29, 0.717) is 11.0 Å². The maximum atomic E-state index is 12.2. The largest absolute Gasteiger partial charge is 0.342 e. The fraction of sp³-hybridized carbons (Fsp3) is 0.867. The van der Waals surface area contributed by atoms with Crippen molar-refractivity contribution in [2.75, 3.05) is 38.5 Å². The maximum Gasteiger partial charge on any atom is 0.236 e. The highest BCUT2D eigenvalue weighted by Crippen LogP contribution is 2.24. The van der Waals surface area contributed by atoms with Crippen molar-refractivity contribution >= 4 is 23.6 Å². The summed E-state index contributed by atoms with van der Waals surface area (Å²) in [5, 5.41) is 0.377. The van der Waals surface area contributed by atoms with Crippen LogP contribution in [-0.4, -0.2) is 65.3 Å². The summed E-state index contributed by atoms with van der Waals surface area (Å²) in [4.78, 5) is 27.7. The number of hydrogen-bond acceptors (Lipinski definition) is 4. The van der Waals surface area contributed by atoms with E-state index in [1.807, 2.05) is 9.80 Å². The van der Waals surface area contributed by atoms with Gasteiger partial charge in [0.25, 0.3) is 0 Å². The standard InChI is InChI=1S/C15H27N3O2S/c1-12-4-7-17(8-5-12)15(20)11-21-13-3-2-6-18(10-13)14(19)9-16/h12-13H,2-11,16H2,1H3. The molecule has 2 saturated heterocycles. The first-order valence-corrected chi connectivity index (χ1v) is 9.02. The Morgan fingerprint density at radius 2 is 1.81 bits per heavy atom. The smallest absolute Gasteiger partial charge is 0.236 e. The van der Waals surface area contributed by atoms with Crippen LogP contribution >= 0.6 is 11.8 Å². The lowest BCUT2D eigenvalue weighted by Crippen LogP contribution is -2.44. The predicted molar refractivity (Wildman–Crippen MR) is 86.1 cm³/mol. The lowest BCUT2D eigenvalue weighted by Gasteiger charge is -2.33. The normalized spacial score (nSPS) is 24.2. The average Bonchev–Trinajstić information content (AvgIpc) is 2.52. The molecule has 6 heteroatoms. The lowest BCUT2D eigenvalue weighted by atomic mass is 9.99. The first-order valence-electron chi connectivity index (χ1n) is 7.97. The van der Waals surface area contributed by atoms with Gasteiger partial charge in [0.2, 0.25) is 11.8 Å². The number of hydrogen-bond donors (Lipinski definition) is 1. The van der Waals surface area contributed by atoms with Crippen molar-refractivity contribution in [1.29, 1.82) is 0 Å². The Kier molecular flexibility index (Phi) is 6.36. The SMILES string of the molecule is CC1CCN(C(=O)CSC2CCCN(C(=O)CN)C2)CC1. The first-order chi connectivity index (χ1) is 10.1. The van der Waals surface area contributed by atoms with Gasteiger partial charge in [0, 0.05) is 31.4 Å². The molecule has 0 spiro atoms. The Morgan fingerprint density at radius 3 is 2.48 bits per heavy atom. The summed E-state index contributed by atoms with van der Waals surface area (Å²) >= 11 is 1.71. The molecule has 0 radical (unpaired) electrons. The van der Waals surface area contributed by atoms with E-state index in [1.165, 1.54) is 0 Å². The topological polar surface area (TPSA) is 66.6 Å². The number of carbonyl (C=O) groups excluding carboxylic acids is 2. The van der Waals surface area contributed by atoms with Gasteiger partial charge in [0.1, 0.15) is 0 Å². The highest BCUT2D eigenvalue weighted by molar-refractivity contribution is 8.00. The quantitative estimate of drug-likeness (QED) is 0.838. The minimum absolute atomic E-state index is 0.0247. The van der Waals surface area contributed by atoms with Gasteiger partial charge in [-0.25, -0.2) is 0 Å². The molecule has 2 N–H and O–H groups in total. The van der Waals surface area contributed by atoms with Crippen molar-refractivity contribution in [2.45, 2.75) is 37.9 Å². The van der Waals surface area contributed by atoms with E-state index in [-0.39, 0.29) is 18.4 Å². The van der Waals surface area contributed by atoms with Gasteiger partial charge >= 0.3 is 0 Å². The van der Waals surface area contributed by atoms with Crippen LogP contribution < -0.4 is 5.73 Å². The number of amides is 2. The van der Waals surface area contributed by atoms with E-state index in [2.05, 4.69) is 6.92 Å². The lowest BCUT2D eigenvalue weighted by molar-refractivity contribution is -0.130. The first kappa shape index (κ1) is 16.6. The Morgan fingerprint density at radius 1 is 1.10 bits per heavy atom. The number of carbonyl (C=O) groups is 2. The fourth-order valence-corrected chi connectivity index (χ4v) is 4.15. The molecule has 2 fully saturated rings. The molecule has 0 bridgehead atoms. The highest BCUT2D eigenvalue weighted by atomic mass is 32.2. The van der Waals surface area contributed by atoms with Crippen LogP contribution in [0, 0.1) is 5.92 Å². The van der Waals surface area contributed by atoms with E-state index in [4.69, 9.17) is 5.73 Å². The number of likely N-dealkylation sites (tertiary alicyclic amines) is 2. The molecular formula is C15H27N3O2S. The van der Waals surface area contributed by atoms with Crippen molar-refractivity contribution < 1.29 is 9.59 Å². The van der Waals surface area contributed by atoms with Gasteiger partial charge in [-0.1, -0.05) is 6.92 Å². The van der Waals surface area contributed by atoms with E-state index in [1.54, 1.807) is 11.8 Å². The molecule has 2 rings (SSSR count). The number of thioether (sulfide) groups is 1. The van der Waals surface area contributed by atoms with Crippen LogP contribution in [0.2, 0.25) is 0 Å². The molecule has 0 aromatic rings. The van der Waals surface area contributed by atoms with Crippen molar-refractivity contribution in [2.24, 2.45) is 11.7 Å². The molecule has 2 aliphatic heterocycles. The molecule has 0 aromatic heterocycles. The number of rotatable bonds is 4. The molecular weight excluding hydrogens is 286 g/mol. The van der Waals surface area contributed by atoms with Crippen LogP contribution in [-0.2, 0) is 9.59 Å². The van der Waals surface area contributed by atoms with E-state index >= 15 is 0 Å². The maximum absolute atomic E-state index is 12.2. The summed E-state index contributed by atoms with van der Waals surface area (Å²) in [5.41, 5.74) is 5.42. The number of nitrogens with two attached hydrogens (primary N) is 1. The Hall–Kier alpha value is -0.750. The van der Waals surface area contributed by atoms with Gasteiger partial charge in [0.15, 0.2) is 0 Å². The van der Waals surface area contributed by atoms with Gasteiger partial charge in [-0.3, -0.25) is 9.59 Å². The summed E-state index contributed by atoms with van der Waals surface area (Å²) in [6.07, 6.45) is 4.35. The van der Waals surface area contributed by atoms with Crippen molar-refractivity contribution in [3.63, 3.8) is 0 Å². The van der Waals surface area contributed by atoms with Crippen LogP contribution in [0.15, 0.2) is 0 Å². The third-order valence-corrected chi connectivity index (χ3v) is 5.75. The fourth-order valence-electron chi connectivity index (χ4n) is 2.97. The number of piperidine rings is 2. The second kappa shape index (κ2) is 8.03. The van der Waals surface area contributed by atoms with Crippen LogP contribution in [0.25, 0.3) is 0 Å². The summed E-state index contributed by atoms with van der Waals surface area (Å²) in [7, 11) is 0. The molecule has 0 saturated carbocycles. The van der Waals surface area contributed by atoms with E-state index in [0.717, 1.165) is 57.8 Å². The Balaban J connectivity index is 1.72. The zero-order valence-electron chi connectivity index (χ0n) is 12.9. The molecule has 1 atom stereocenters. The third kappa shape index (κ3) is 4.88. The summed E-state index contributed by atoms with van der Waals surface area (Å²) in [5.74, 6) is 1.57. The molecule has 0 aromatic carbocycles. The van der Waals surface area contributed by atoms with Crippen LogP contribution in [0.3, 0.4) is 0 Å². The summed E-state index contributed by atoms with van der Waals surface area (Å²) < 4.78 is 0. The second-order valence-corrected chi connectivity index (χ2v) is 7.47. The average molecular weight is 313 g/mol. The third-order valence-electron chi connectivity index (χ3n) is 4.48. The van der Waals surface area contributed by atoms with Crippen LogP contribution in [0.5, 0.6) is 0 Å².